The van der Waals surface area contributed by atoms with Crippen molar-refractivity contribution >= 4 is 23.6 Å². The van der Waals surface area contributed by atoms with Crippen LogP contribution in [0.4, 0.5) is 5.69 Å². The van der Waals surface area contributed by atoms with Crippen LogP contribution in [0.15, 0.2) is 54.6 Å². The van der Waals surface area contributed by atoms with E-state index in [-0.39, 0.29) is 11.8 Å². The molecule has 2 rings (SSSR count). The molecule has 0 aliphatic rings. The number of nitrogens with zero attached hydrogens (tertiary/aromatic N) is 1. The van der Waals surface area contributed by atoms with Gasteiger partial charge in [0, 0.05) is 18.3 Å². The third-order valence-electron chi connectivity index (χ3n) is 4.70. The van der Waals surface area contributed by atoms with Gasteiger partial charge in [-0.3, -0.25) is 9.59 Å². The Hall–Kier alpha value is -3.28. The van der Waals surface area contributed by atoms with E-state index in [4.69, 9.17) is 9.47 Å². The van der Waals surface area contributed by atoms with E-state index < -0.39 is 6.04 Å². The summed E-state index contributed by atoms with van der Waals surface area (Å²) in [5.41, 5.74) is 1.52. The second kappa shape index (κ2) is 12.4. The van der Waals surface area contributed by atoms with E-state index in [9.17, 15) is 9.59 Å². The molecule has 0 fully saturated rings. The maximum Gasteiger partial charge on any atom is 0.247 e. The van der Waals surface area contributed by atoms with Gasteiger partial charge in [-0.2, -0.15) is 0 Å². The van der Waals surface area contributed by atoms with Gasteiger partial charge < -0.3 is 19.7 Å². The molecule has 0 aromatic heterocycles. The molecule has 0 spiro atoms. The fourth-order valence-corrected chi connectivity index (χ4v) is 3.03. The van der Waals surface area contributed by atoms with Crippen LogP contribution in [0.3, 0.4) is 0 Å². The molecule has 31 heavy (non-hydrogen) atoms. The lowest BCUT2D eigenvalue weighted by atomic mass is 10.1. The zero-order chi connectivity index (χ0) is 22.6. The maximum absolute atomic E-state index is 12.9. The minimum atomic E-state index is -0.600. The second-order valence-electron chi connectivity index (χ2n) is 7.15. The Morgan fingerprint density at radius 3 is 2.45 bits per heavy atom. The van der Waals surface area contributed by atoms with Crippen LogP contribution in [0.2, 0.25) is 0 Å². The number of methoxy groups -OCH3 is 1. The minimum Gasteiger partial charge on any atom is -0.493 e. The summed E-state index contributed by atoms with van der Waals surface area (Å²) >= 11 is 0. The fraction of sp³-hybridized carbons (Fsp3) is 0.360. The molecule has 1 unspecified atom stereocenters. The first-order chi connectivity index (χ1) is 15.0. The number of hydrogen-bond acceptors (Lipinski definition) is 4. The van der Waals surface area contributed by atoms with Crippen LogP contribution >= 0.6 is 0 Å². The molecule has 0 saturated carbocycles. The van der Waals surface area contributed by atoms with Crippen LogP contribution in [0.1, 0.15) is 39.2 Å². The van der Waals surface area contributed by atoms with Gasteiger partial charge in [-0.15, -0.1) is 0 Å². The summed E-state index contributed by atoms with van der Waals surface area (Å²) in [7, 11) is 1.59. The molecule has 0 heterocycles. The number of nitrogens with one attached hydrogen (secondary N) is 1. The number of carbonyl (C=O) groups excluding carboxylic acids is 2. The van der Waals surface area contributed by atoms with Gasteiger partial charge in [0.15, 0.2) is 11.5 Å². The smallest absolute Gasteiger partial charge is 0.247 e. The average Bonchev–Trinajstić information content (AvgIpc) is 2.80. The van der Waals surface area contributed by atoms with Crippen molar-refractivity contribution in [1.82, 2.24) is 4.90 Å². The van der Waals surface area contributed by atoms with Gasteiger partial charge in [0.2, 0.25) is 11.8 Å². The number of ether oxygens (including phenoxy) is 2. The van der Waals surface area contributed by atoms with Crippen LogP contribution in [0.5, 0.6) is 11.5 Å². The fourth-order valence-electron chi connectivity index (χ4n) is 3.03. The average molecular weight is 425 g/mol. The van der Waals surface area contributed by atoms with Gasteiger partial charge in [-0.1, -0.05) is 38.1 Å². The molecule has 0 aliphatic heterocycles. The van der Waals surface area contributed by atoms with Gasteiger partial charge in [-0.05, 0) is 55.7 Å². The molecule has 1 N–H and O–H groups in total. The minimum absolute atomic E-state index is 0.220. The number of carbonyl (C=O) groups is 2. The first kappa shape index (κ1) is 24.0. The molecular formula is C25H32N2O4. The molecule has 0 saturated heterocycles. The van der Waals surface area contributed by atoms with Gasteiger partial charge in [0.25, 0.3) is 0 Å². The highest BCUT2D eigenvalue weighted by atomic mass is 16.5. The lowest BCUT2D eigenvalue weighted by molar-refractivity contribution is -0.134. The van der Waals surface area contributed by atoms with Crippen LogP contribution in [0, 0.1) is 0 Å². The van der Waals surface area contributed by atoms with E-state index >= 15 is 0 Å². The number of hydrogen-bond donors (Lipinski definition) is 1. The maximum atomic E-state index is 12.9. The summed E-state index contributed by atoms with van der Waals surface area (Å²) < 4.78 is 11.1. The second-order valence-corrected chi connectivity index (χ2v) is 7.15. The quantitative estimate of drug-likeness (QED) is 0.528. The largest absolute Gasteiger partial charge is 0.493 e. The topological polar surface area (TPSA) is 67.9 Å². The summed E-state index contributed by atoms with van der Waals surface area (Å²) in [6.45, 7) is 6.85. The predicted octanol–water partition coefficient (Wildman–Crippen LogP) is 4.76. The Bertz CT molecular complexity index is 880. The third-order valence-corrected chi connectivity index (χ3v) is 4.70. The van der Waals surface area contributed by atoms with E-state index in [0.717, 1.165) is 18.4 Å². The van der Waals surface area contributed by atoms with Crippen molar-refractivity contribution in [2.75, 3.05) is 25.6 Å². The zero-order valence-electron chi connectivity index (χ0n) is 18.8. The highest BCUT2D eigenvalue weighted by molar-refractivity contribution is 5.99. The molecule has 2 aromatic rings. The number of benzene rings is 2. The molecular weight excluding hydrogens is 392 g/mol. The summed E-state index contributed by atoms with van der Waals surface area (Å²) in [6.07, 6.45) is 4.87. The van der Waals surface area contributed by atoms with Crippen LogP contribution in [0.25, 0.3) is 6.08 Å². The van der Waals surface area contributed by atoms with Crippen molar-refractivity contribution in [3.63, 3.8) is 0 Å². The van der Waals surface area contributed by atoms with Crippen LogP contribution in [-0.4, -0.2) is 43.0 Å². The van der Waals surface area contributed by atoms with Crippen molar-refractivity contribution in [1.29, 1.82) is 0 Å². The van der Waals surface area contributed by atoms with Crippen molar-refractivity contribution in [2.24, 2.45) is 0 Å². The summed E-state index contributed by atoms with van der Waals surface area (Å²) in [6, 6.07) is 14.1. The number of rotatable bonds is 11. The van der Waals surface area contributed by atoms with Crippen molar-refractivity contribution in [3.8, 4) is 11.5 Å². The highest BCUT2D eigenvalue weighted by Gasteiger charge is 2.24. The molecule has 6 nitrogen and oxygen atoms in total. The summed E-state index contributed by atoms with van der Waals surface area (Å²) in [4.78, 5) is 27.1. The lowest BCUT2D eigenvalue weighted by Crippen LogP contribution is -2.45. The Morgan fingerprint density at radius 1 is 1.06 bits per heavy atom. The van der Waals surface area contributed by atoms with Gasteiger partial charge in [0.05, 0.1) is 13.7 Å². The van der Waals surface area contributed by atoms with E-state index in [1.807, 2.05) is 62.4 Å². The monoisotopic (exact) mass is 424 g/mol. The van der Waals surface area contributed by atoms with Crippen molar-refractivity contribution in [3.05, 3.63) is 60.2 Å². The highest BCUT2D eigenvalue weighted by Crippen LogP contribution is 2.28. The lowest BCUT2D eigenvalue weighted by Gasteiger charge is -2.27. The van der Waals surface area contributed by atoms with E-state index in [1.165, 1.54) is 6.08 Å². The number of para-hydroxylation sites is 1. The first-order valence-electron chi connectivity index (χ1n) is 10.7. The predicted molar refractivity (Wildman–Crippen MR) is 124 cm³/mol. The molecule has 2 amide bonds. The molecule has 6 heteroatoms. The van der Waals surface area contributed by atoms with E-state index in [1.54, 1.807) is 25.0 Å². The molecule has 0 aliphatic carbocycles. The van der Waals surface area contributed by atoms with Crippen LogP contribution in [-0.2, 0) is 9.59 Å². The first-order valence-corrected chi connectivity index (χ1v) is 10.7. The van der Waals surface area contributed by atoms with E-state index in [0.29, 0.717) is 30.3 Å². The van der Waals surface area contributed by atoms with Crippen molar-refractivity contribution in [2.45, 2.75) is 39.7 Å². The number of amides is 2. The SMILES string of the molecule is CCCOc1ccc(/C=C/C(=O)N(CCC)C(C)C(=O)Nc2ccccc2)cc1OC. The summed E-state index contributed by atoms with van der Waals surface area (Å²) in [5, 5.41) is 2.86. The Balaban J connectivity index is 2.10. The molecule has 2 aromatic carbocycles. The standard InChI is InChI=1S/C25H32N2O4/c1-5-16-27(19(3)25(29)26-21-10-8-7-9-11-21)24(28)15-13-20-12-14-22(31-17-6-2)23(18-20)30-4/h7-15,18-19H,5-6,16-17H2,1-4H3,(H,26,29)/b15-13+. The Labute approximate surface area is 184 Å². The normalized spacial score (nSPS) is 11.7. The van der Waals surface area contributed by atoms with E-state index in [2.05, 4.69) is 5.32 Å². The molecule has 0 bridgehead atoms. The molecule has 0 radical (unpaired) electrons. The Kier molecular flexibility index (Phi) is 9.62. The Morgan fingerprint density at radius 2 is 1.81 bits per heavy atom. The zero-order valence-corrected chi connectivity index (χ0v) is 18.8. The van der Waals surface area contributed by atoms with Crippen LogP contribution < -0.4 is 14.8 Å². The molecule has 1 atom stereocenters. The van der Waals surface area contributed by atoms with Gasteiger partial charge in [0.1, 0.15) is 6.04 Å². The summed E-state index contributed by atoms with van der Waals surface area (Å²) in [5.74, 6) is 0.846. The van der Waals surface area contributed by atoms with Gasteiger partial charge >= 0.3 is 0 Å². The van der Waals surface area contributed by atoms with Crippen molar-refractivity contribution < 1.29 is 19.1 Å². The third kappa shape index (κ3) is 7.17. The molecule has 166 valence electrons. The van der Waals surface area contributed by atoms with Gasteiger partial charge in [-0.25, -0.2) is 0 Å². The number of anilines is 1.